The summed E-state index contributed by atoms with van der Waals surface area (Å²) in [5.41, 5.74) is -1.30. The summed E-state index contributed by atoms with van der Waals surface area (Å²) in [4.78, 5) is 24.7. The standard InChI is InChI=1S/C21H26O12/c1-8(23)10-5-21(33-18(10)28)4-3-9-11(17(27)29-2)7-30-19(13(9)21)32-20-16(26)15(25)14(24)12(6-22)31-20/h3-5,7-9,12-16,19-20,22-26H,6H2,1-2H3/t8-,9+,12+,13+,14+,15-,16+,19+,20-,21-/m0/s1. The summed E-state index contributed by atoms with van der Waals surface area (Å²) in [5, 5.41) is 49.8. The minimum absolute atomic E-state index is 0.0149. The van der Waals surface area contributed by atoms with Crippen molar-refractivity contribution < 1.29 is 58.8 Å². The quantitative estimate of drug-likeness (QED) is 0.213. The van der Waals surface area contributed by atoms with Crippen LogP contribution in [0, 0.1) is 11.8 Å². The minimum atomic E-state index is -1.70. The molecule has 1 spiro atoms. The fraction of sp³-hybridized carbons (Fsp3) is 0.619. The predicted octanol–water partition coefficient (Wildman–Crippen LogP) is -2.38. The number of hydrogen-bond acceptors (Lipinski definition) is 12. The molecule has 0 bridgehead atoms. The number of ether oxygens (including phenoxy) is 5. The second-order valence-corrected chi connectivity index (χ2v) is 8.33. The number of carbonyl (C=O) groups is 2. The van der Waals surface area contributed by atoms with Crippen molar-refractivity contribution in [3.63, 3.8) is 0 Å². The van der Waals surface area contributed by atoms with Gasteiger partial charge in [-0.3, -0.25) is 0 Å². The summed E-state index contributed by atoms with van der Waals surface area (Å²) in [6, 6.07) is 0. The van der Waals surface area contributed by atoms with Crippen LogP contribution >= 0.6 is 0 Å². The lowest BCUT2D eigenvalue weighted by Gasteiger charge is -2.44. The Morgan fingerprint density at radius 1 is 1.21 bits per heavy atom. The van der Waals surface area contributed by atoms with Gasteiger partial charge in [-0.2, -0.15) is 0 Å². The van der Waals surface area contributed by atoms with Crippen LogP contribution in [-0.2, 0) is 33.3 Å². The predicted molar refractivity (Wildman–Crippen MR) is 105 cm³/mol. The molecule has 4 rings (SSSR count). The number of allylic oxidation sites excluding steroid dienone is 1. The van der Waals surface area contributed by atoms with Gasteiger partial charge in [0.05, 0.1) is 43.1 Å². The number of aliphatic hydroxyl groups is 5. The lowest BCUT2D eigenvalue weighted by molar-refractivity contribution is -0.344. The van der Waals surface area contributed by atoms with Crippen molar-refractivity contribution in [2.75, 3.05) is 13.7 Å². The van der Waals surface area contributed by atoms with E-state index in [-0.39, 0.29) is 11.1 Å². The summed E-state index contributed by atoms with van der Waals surface area (Å²) in [6.45, 7) is 0.750. The van der Waals surface area contributed by atoms with Gasteiger partial charge < -0.3 is 49.2 Å². The van der Waals surface area contributed by atoms with Crippen molar-refractivity contribution in [1.82, 2.24) is 0 Å². The molecule has 33 heavy (non-hydrogen) atoms. The number of rotatable bonds is 5. The largest absolute Gasteiger partial charge is 0.471 e. The summed E-state index contributed by atoms with van der Waals surface area (Å²) >= 11 is 0. The molecule has 182 valence electrons. The van der Waals surface area contributed by atoms with Gasteiger partial charge >= 0.3 is 11.9 Å². The molecule has 0 amide bonds. The highest BCUT2D eigenvalue weighted by Gasteiger charge is 2.59. The lowest BCUT2D eigenvalue weighted by atomic mass is 9.78. The molecule has 10 atom stereocenters. The fourth-order valence-electron chi connectivity index (χ4n) is 4.57. The van der Waals surface area contributed by atoms with Crippen LogP contribution in [0.5, 0.6) is 0 Å². The Morgan fingerprint density at radius 2 is 1.94 bits per heavy atom. The molecule has 3 heterocycles. The average Bonchev–Trinajstić information content (AvgIpc) is 3.34. The average molecular weight is 470 g/mol. The molecule has 1 fully saturated rings. The molecular weight excluding hydrogens is 444 g/mol. The van der Waals surface area contributed by atoms with E-state index in [1.54, 1.807) is 12.2 Å². The molecule has 1 aliphatic carbocycles. The Bertz CT molecular complexity index is 892. The Hall–Kier alpha value is -2.32. The van der Waals surface area contributed by atoms with Crippen molar-refractivity contribution in [2.24, 2.45) is 11.8 Å². The summed E-state index contributed by atoms with van der Waals surface area (Å²) < 4.78 is 27.2. The number of fused-ring (bicyclic) bond motifs is 2. The molecule has 0 aromatic carbocycles. The normalized spacial score (nSPS) is 42.8. The van der Waals surface area contributed by atoms with E-state index in [2.05, 4.69) is 0 Å². The van der Waals surface area contributed by atoms with E-state index in [0.717, 1.165) is 6.26 Å². The molecular formula is C21H26O12. The van der Waals surface area contributed by atoms with Crippen molar-refractivity contribution in [1.29, 1.82) is 0 Å². The Labute approximate surface area is 188 Å². The fourth-order valence-corrected chi connectivity index (χ4v) is 4.57. The SMILES string of the molecule is COC(=O)C1=CO[C@H](O[C@@H]2O[C@H](CO)[C@@H](O)[C@H](O)[C@H]2O)[C@H]2[C@@H]1C=C[C@]21C=C([C@H](C)O)C(=O)O1. The highest BCUT2D eigenvalue weighted by molar-refractivity contribution is 5.94. The topological polar surface area (TPSA) is 181 Å². The smallest absolute Gasteiger partial charge is 0.337 e. The maximum atomic E-state index is 12.4. The molecule has 1 saturated heterocycles. The third-order valence-electron chi connectivity index (χ3n) is 6.33. The first-order valence-electron chi connectivity index (χ1n) is 10.4. The summed E-state index contributed by atoms with van der Waals surface area (Å²) in [7, 11) is 1.20. The van der Waals surface area contributed by atoms with E-state index in [1.807, 2.05) is 0 Å². The molecule has 0 unspecified atom stereocenters. The molecule has 12 nitrogen and oxygen atoms in total. The second kappa shape index (κ2) is 8.80. The highest BCUT2D eigenvalue weighted by Crippen LogP contribution is 2.50. The van der Waals surface area contributed by atoms with Gasteiger partial charge in [-0.05, 0) is 19.1 Å². The van der Waals surface area contributed by atoms with Gasteiger partial charge in [0.2, 0.25) is 6.29 Å². The van der Waals surface area contributed by atoms with Gasteiger partial charge in [0.15, 0.2) is 11.9 Å². The molecule has 5 N–H and O–H groups in total. The maximum absolute atomic E-state index is 12.4. The zero-order chi connectivity index (χ0) is 24.1. The minimum Gasteiger partial charge on any atom is -0.471 e. The van der Waals surface area contributed by atoms with E-state index >= 15 is 0 Å². The number of hydrogen-bond donors (Lipinski definition) is 5. The van der Waals surface area contributed by atoms with Crippen LogP contribution in [0.1, 0.15) is 6.92 Å². The van der Waals surface area contributed by atoms with Crippen molar-refractivity contribution in [3.8, 4) is 0 Å². The second-order valence-electron chi connectivity index (χ2n) is 8.33. The maximum Gasteiger partial charge on any atom is 0.337 e. The van der Waals surface area contributed by atoms with Crippen molar-refractivity contribution >= 4 is 11.9 Å². The van der Waals surface area contributed by atoms with Crippen LogP contribution in [0.2, 0.25) is 0 Å². The first kappa shape index (κ1) is 23.8. The molecule has 3 aliphatic heterocycles. The van der Waals surface area contributed by atoms with Crippen LogP contribution in [0.4, 0.5) is 0 Å². The molecule has 0 aromatic rings. The van der Waals surface area contributed by atoms with Crippen LogP contribution in [-0.4, -0.2) is 99.9 Å². The third-order valence-corrected chi connectivity index (χ3v) is 6.33. The Morgan fingerprint density at radius 3 is 2.55 bits per heavy atom. The Balaban J connectivity index is 1.67. The van der Waals surface area contributed by atoms with Crippen LogP contribution < -0.4 is 0 Å². The highest BCUT2D eigenvalue weighted by atomic mass is 16.8. The van der Waals surface area contributed by atoms with Gasteiger partial charge in [0.25, 0.3) is 0 Å². The number of esters is 2. The van der Waals surface area contributed by atoms with Gasteiger partial charge in [-0.25, -0.2) is 9.59 Å². The van der Waals surface area contributed by atoms with Crippen molar-refractivity contribution in [3.05, 3.63) is 35.6 Å². The third kappa shape index (κ3) is 3.87. The molecule has 4 aliphatic rings. The van der Waals surface area contributed by atoms with Crippen LogP contribution in [0.15, 0.2) is 35.6 Å². The number of aliphatic hydroxyl groups excluding tert-OH is 5. The zero-order valence-corrected chi connectivity index (χ0v) is 17.8. The number of carbonyl (C=O) groups excluding carboxylic acids is 2. The van der Waals surface area contributed by atoms with Crippen molar-refractivity contribution in [2.45, 2.75) is 55.6 Å². The van der Waals surface area contributed by atoms with Gasteiger partial charge in [-0.1, -0.05) is 6.08 Å². The lowest BCUT2D eigenvalue weighted by Crippen LogP contribution is -2.60. The van der Waals surface area contributed by atoms with Gasteiger partial charge in [0.1, 0.15) is 24.4 Å². The van der Waals surface area contributed by atoms with E-state index < -0.39 is 79.1 Å². The zero-order valence-electron chi connectivity index (χ0n) is 17.8. The number of methoxy groups -OCH3 is 1. The first-order chi connectivity index (χ1) is 15.6. The molecule has 0 radical (unpaired) electrons. The van der Waals surface area contributed by atoms with E-state index in [1.165, 1.54) is 20.1 Å². The van der Waals surface area contributed by atoms with Gasteiger partial charge in [-0.15, -0.1) is 0 Å². The van der Waals surface area contributed by atoms with E-state index in [4.69, 9.17) is 23.7 Å². The molecule has 0 aromatic heterocycles. The monoisotopic (exact) mass is 470 g/mol. The molecule has 12 heteroatoms. The van der Waals surface area contributed by atoms with Crippen LogP contribution in [0.25, 0.3) is 0 Å². The van der Waals surface area contributed by atoms with Crippen LogP contribution in [0.3, 0.4) is 0 Å². The summed E-state index contributed by atoms with van der Waals surface area (Å²) in [5.74, 6) is -3.03. The Kier molecular flexibility index (Phi) is 6.35. The molecule has 0 saturated carbocycles. The van der Waals surface area contributed by atoms with E-state index in [9.17, 15) is 35.1 Å². The van der Waals surface area contributed by atoms with Gasteiger partial charge in [0, 0.05) is 5.92 Å². The first-order valence-corrected chi connectivity index (χ1v) is 10.4. The summed E-state index contributed by atoms with van der Waals surface area (Å²) in [6.07, 6.45) is -4.38. The van der Waals surface area contributed by atoms with E-state index in [0.29, 0.717) is 0 Å².